The van der Waals surface area contributed by atoms with Gasteiger partial charge in [0.1, 0.15) is 30.0 Å². The smallest absolute Gasteiger partial charge is 0.415 e. The maximum atomic E-state index is 14.5. The van der Waals surface area contributed by atoms with Crippen LogP contribution in [0, 0.1) is 46.9 Å². The van der Waals surface area contributed by atoms with Crippen LogP contribution in [0.1, 0.15) is 88.0 Å². The van der Waals surface area contributed by atoms with Crippen molar-refractivity contribution in [1.82, 2.24) is 25.0 Å². The number of aryl methyl sites for hydroxylation is 1. The molecule has 1 aromatic carbocycles. The standard InChI is InChI=1S/C36H40FN9O3/c1-20(19-48-7)49-34(47)46(26-10-24(15-38)31-28(11-26)32(25(16-39)17-40-31)42-22(3)35(4,5)6)33(27-8-9-30(37)41-21(27)2)29-18-45(44-43-29)36-12-23(13-36)14-36/h8-11,17-18,20,22-23,33H,12-14,19H2,1-7H3,(H,40,42)/t20-,22-,23?,33?,36?/m1/s1. The number of rotatable bonds is 10. The Morgan fingerprint density at radius 3 is 2.49 bits per heavy atom. The molecule has 4 aromatic rings. The molecule has 3 aliphatic carbocycles. The minimum Gasteiger partial charge on any atom is -0.444 e. The number of pyridine rings is 2. The van der Waals surface area contributed by atoms with Crippen LogP contribution >= 0.6 is 0 Å². The Kier molecular flexibility index (Phi) is 8.76. The van der Waals surface area contributed by atoms with E-state index in [1.54, 1.807) is 32.0 Å². The van der Waals surface area contributed by atoms with Crippen LogP contribution < -0.4 is 10.2 Å². The van der Waals surface area contributed by atoms with E-state index >= 15 is 0 Å². The number of nitrogens with zero attached hydrogens (tertiary/aromatic N) is 8. The van der Waals surface area contributed by atoms with Gasteiger partial charge in [-0.3, -0.25) is 9.88 Å². The van der Waals surface area contributed by atoms with Crippen molar-refractivity contribution in [1.29, 1.82) is 10.5 Å². The number of nitrogens with one attached hydrogen (secondary N) is 1. The first-order valence-corrected chi connectivity index (χ1v) is 16.4. The van der Waals surface area contributed by atoms with Crippen LogP contribution in [0.25, 0.3) is 10.9 Å². The predicted molar refractivity (Wildman–Crippen MR) is 180 cm³/mol. The number of fused-ring (bicyclic) bond motifs is 1. The molecule has 0 spiro atoms. The molecule has 7 rings (SSSR count). The Morgan fingerprint density at radius 1 is 1.18 bits per heavy atom. The van der Waals surface area contributed by atoms with Crippen LogP contribution in [0.3, 0.4) is 0 Å². The highest BCUT2D eigenvalue weighted by Crippen LogP contribution is 2.62. The first kappa shape index (κ1) is 33.7. The van der Waals surface area contributed by atoms with Crippen molar-refractivity contribution in [2.45, 2.75) is 84.5 Å². The highest BCUT2D eigenvalue weighted by atomic mass is 19.1. The summed E-state index contributed by atoms with van der Waals surface area (Å²) in [7, 11) is 1.51. The number of nitriles is 2. The molecule has 1 unspecified atom stereocenters. The average molecular weight is 666 g/mol. The molecule has 3 heterocycles. The first-order valence-electron chi connectivity index (χ1n) is 16.4. The van der Waals surface area contributed by atoms with E-state index in [9.17, 15) is 19.7 Å². The van der Waals surface area contributed by atoms with Gasteiger partial charge in [0.05, 0.1) is 46.4 Å². The van der Waals surface area contributed by atoms with E-state index in [-0.39, 0.29) is 40.4 Å². The number of anilines is 2. The van der Waals surface area contributed by atoms with Crippen molar-refractivity contribution >= 4 is 28.4 Å². The maximum Gasteiger partial charge on any atom is 0.415 e. The topological polar surface area (TPSA) is 155 Å². The van der Waals surface area contributed by atoms with Crippen LogP contribution in [0.2, 0.25) is 0 Å². The zero-order valence-electron chi connectivity index (χ0n) is 28.8. The Bertz CT molecular complexity index is 1990. The second-order valence-electron chi connectivity index (χ2n) is 14.4. The summed E-state index contributed by atoms with van der Waals surface area (Å²) in [5.41, 5.74) is 2.55. The normalized spacial score (nSPS) is 19.8. The van der Waals surface area contributed by atoms with Crippen LogP contribution in [0.5, 0.6) is 0 Å². The highest BCUT2D eigenvalue weighted by molar-refractivity contribution is 6.01. The molecule has 1 N–H and O–H groups in total. The molecular weight excluding hydrogens is 625 g/mol. The van der Waals surface area contributed by atoms with Crippen molar-refractivity contribution in [3.05, 3.63) is 70.7 Å². The van der Waals surface area contributed by atoms with Crippen molar-refractivity contribution in [2.75, 3.05) is 23.9 Å². The van der Waals surface area contributed by atoms with Gasteiger partial charge in [0.25, 0.3) is 0 Å². The van der Waals surface area contributed by atoms with Crippen molar-refractivity contribution in [3.63, 3.8) is 0 Å². The van der Waals surface area contributed by atoms with E-state index in [4.69, 9.17) is 9.47 Å². The van der Waals surface area contributed by atoms with Crippen LogP contribution in [0.4, 0.5) is 20.6 Å². The molecule has 3 aromatic heterocycles. The Balaban J connectivity index is 1.60. The lowest BCUT2D eigenvalue weighted by atomic mass is 9.50. The summed E-state index contributed by atoms with van der Waals surface area (Å²) < 4.78 is 27.5. The van der Waals surface area contributed by atoms with E-state index in [1.807, 2.05) is 17.8 Å². The summed E-state index contributed by atoms with van der Waals surface area (Å²) in [6.45, 7) is 11.8. The monoisotopic (exact) mass is 665 g/mol. The van der Waals surface area contributed by atoms with Gasteiger partial charge in [-0.25, -0.2) is 14.5 Å². The predicted octanol–water partition coefficient (Wildman–Crippen LogP) is 6.54. The van der Waals surface area contributed by atoms with Crippen LogP contribution in [-0.4, -0.2) is 56.9 Å². The Labute approximate surface area is 284 Å². The number of amides is 1. The number of carbonyl (C=O) groups excluding carboxylic acids is 1. The third-order valence-electron chi connectivity index (χ3n) is 9.96. The number of ether oxygens (including phenoxy) is 2. The van der Waals surface area contributed by atoms with E-state index in [0.717, 1.165) is 19.3 Å². The molecule has 2 bridgehead atoms. The third-order valence-corrected chi connectivity index (χ3v) is 9.96. The summed E-state index contributed by atoms with van der Waals surface area (Å²) >= 11 is 0. The lowest BCUT2D eigenvalue weighted by molar-refractivity contribution is -0.0989. The van der Waals surface area contributed by atoms with Crippen molar-refractivity contribution < 1.29 is 18.7 Å². The highest BCUT2D eigenvalue weighted by Gasteiger charge is 2.59. The molecule has 0 aliphatic heterocycles. The largest absolute Gasteiger partial charge is 0.444 e. The van der Waals surface area contributed by atoms with E-state index < -0.39 is 24.2 Å². The number of benzene rings is 1. The average Bonchev–Trinajstić information content (AvgIpc) is 3.47. The lowest BCUT2D eigenvalue weighted by Crippen LogP contribution is -2.59. The zero-order chi connectivity index (χ0) is 35.2. The van der Waals surface area contributed by atoms with Crippen molar-refractivity contribution in [2.24, 2.45) is 11.3 Å². The quantitative estimate of drug-likeness (QED) is 0.185. The van der Waals surface area contributed by atoms with Gasteiger partial charge in [-0.05, 0) is 69.6 Å². The van der Waals surface area contributed by atoms with Gasteiger partial charge >= 0.3 is 6.09 Å². The number of hydrogen-bond donors (Lipinski definition) is 1. The van der Waals surface area contributed by atoms with Gasteiger partial charge in [0.15, 0.2) is 0 Å². The van der Waals surface area contributed by atoms with Gasteiger partial charge in [-0.15, -0.1) is 5.10 Å². The molecule has 49 heavy (non-hydrogen) atoms. The number of halogens is 1. The van der Waals surface area contributed by atoms with E-state index in [1.165, 1.54) is 24.3 Å². The van der Waals surface area contributed by atoms with Gasteiger partial charge in [-0.2, -0.15) is 14.9 Å². The molecule has 1 amide bonds. The number of methoxy groups -OCH3 is 1. The van der Waals surface area contributed by atoms with Gasteiger partial charge < -0.3 is 14.8 Å². The summed E-state index contributed by atoms with van der Waals surface area (Å²) in [4.78, 5) is 24.4. The first-order chi connectivity index (χ1) is 23.3. The van der Waals surface area contributed by atoms with Gasteiger partial charge in [-0.1, -0.05) is 32.1 Å². The summed E-state index contributed by atoms with van der Waals surface area (Å²) in [6, 6.07) is 9.45. The summed E-state index contributed by atoms with van der Waals surface area (Å²) in [5, 5.41) is 33.6. The summed E-state index contributed by atoms with van der Waals surface area (Å²) in [5.74, 6) is 0.0232. The molecule has 3 atom stereocenters. The number of hydrogen-bond acceptors (Lipinski definition) is 10. The zero-order valence-corrected chi connectivity index (χ0v) is 28.8. The molecular formula is C36H40FN9O3. The number of aromatic nitrogens is 5. The van der Waals surface area contributed by atoms with Crippen LogP contribution in [-0.2, 0) is 15.0 Å². The minimum absolute atomic E-state index is 0.0878. The molecule has 0 saturated heterocycles. The molecule has 254 valence electrons. The van der Waals surface area contributed by atoms with Crippen molar-refractivity contribution in [3.8, 4) is 12.1 Å². The molecule has 3 saturated carbocycles. The Morgan fingerprint density at radius 2 is 1.90 bits per heavy atom. The lowest BCUT2D eigenvalue weighted by Gasteiger charge is -2.61. The van der Waals surface area contributed by atoms with E-state index in [2.05, 4.69) is 58.5 Å². The second-order valence-corrected chi connectivity index (χ2v) is 14.4. The maximum absolute atomic E-state index is 14.5. The fraction of sp³-hybridized carbons (Fsp3) is 0.472. The SMILES string of the molecule is COC[C@@H](C)OC(=O)N(c1cc(C#N)c2ncc(C#N)c(N[C@H](C)C(C)(C)C)c2c1)C(c1cn(C23CC(C2)C3)nn1)c1ccc(F)nc1C. The number of carbonyl (C=O) groups is 1. The fourth-order valence-electron chi connectivity index (χ4n) is 6.65. The summed E-state index contributed by atoms with van der Waals surface area (Å²) in [6.07, 6.45) is 4.93. The van der Waals surface area contributed by atoms with E-state index in [0.29, 0.717) is 39.5 Å². The molecule has 3 fully saturated rings. The third kappa shape index (κ3) is 6.15. The molecule has 0 radical (unpaired) electrons. The van der Waals surface area contributed by atoms with Gasteiger partial charge in [0.2, 0.25) is 5.95 Å². The second kappa shape index (κ2) is 12.7. The molecule has 12 nitrogen and oxygen atoms in total. The molecule has 13 heteroatoms. The van der Waals surface area contributed by atoms with Gasteiger partial charge in [0, 0.05) is 36.0 Å². The minimum atomic E-state index is -0.988. The Hall–Kier alpha value is -5.14. The molecule has 3 aliphatic rings. The van der Waals surface area contributed by atoms with Crippen LogP contribution in [0.15, 0.2) is 36.7 Å². The fourth-order valence-corrected chi connectivity index (χ4v) is 6.65.